The molecule has 0 atom stereocenters. The topological polar surface area (TPSA) is 76.2 Å². The molecule has 0 N–H and O–H groups in total. The van der Waals surface area contributed by atoms with Crippen molar-refractivity contribution in [1.29, 1.82) is 0 Å². The van der Waals surface area contributed by atoms with Crippen LogP contribution in [0.5, 0.6) is 11.5 Å². The highest BCUT2D eigenvalue weighted by molar-refractivity contribution is 7.99. The van der Waals surface area contributed by atoms with Crippen LogP contribution in [0, 0.1) is 0 Å². The quantitative estimate of drug-likeness (QED) is 0.217. The molecule has 3 aromatic carbocycles. The molecule has 1 aliphatic rings. The maximum atomic E-state index is 12.4. The molecule has 1 fully saturated rings. The maximum absolute atomic E-state index is 12.4. The number of imide groups is 2. The van der Waals surface area contributed by atoms with E-state index >= 15 is 0 Å². The number of urea groups is 1. The van der Waals surface area contributed by atoms with Gasteiger partial charge in [0.05, 0.1) is 13.7 Å². The van der Waals surface area contributed by atoms with Gasteiger partial charge in [0.1, 0.15) is 5.57 Å². The second-order valence-electron chi connectivity index (χ2n) is 7.65. The number of barbiturate groups is 1. The molecule has 1 heterocycles. The van der Waals surface area contributed by atoms with Gasteiger partial charge in [-0.3, -0.25) is 19.4 Å². The van der Waals surface area contributed by atoms with Gasteiger partial charge in [0.25, 0.3) is 11.8 Å². The summed E-state index contributed by atoms with van der Waals surface area (Å²) in [5.74, 6) is 0.515. The smallest absolute Gasteiger partial charge is 0.333 e. The molecule has 1 aliphatic heterocycles. The van der Waals surface area contributed by atoms with Crippen LogP contribution in [0.2, 0.25) is 0 Å². The van der Waals surface area contributed by atoms with E-state index in [1.807, 2.05) is 12.1 Å². The number of likely N-dealkylation sites (N-methyl/N-ethyl adjacent to an activating group) is 2. The lowest BCUT2D eigenvalue weighted by Crippen LogP contribution is -2.52. The van der Waals surface area contributed by atoms with Gasteiger partial charge in [0.15, 0.2) is 11.5 Å². The number of carbonyl (C=O) groups excluding carboxylic acids is 3. The standard InChI is InChI=1S/C26H24N2O5S/c1-27-24(29)20(25(30)28(2)26(27)31)15-17-11-12-21(22(16-17)32-3)33-13-14-34-23-10-6-8-18-7-4-5-9-19(18)23/h4-12,15-16H,13-14H2,1-3H3. The largest absolute Gasteiger partial charge is 0.493 e. The van der Waals surface area contributed by atoms with E-state index < -0.39 is 17.8 Å². The van der Waals surface area contributed by atoms with E-state index in [0.29, 0.717) is 23.7 Å². The van der Waals surface area contributed by atoms with E-state index in [4.69, 9.17) is 9.47 Å². The minimum atomic E-state index is -0.658. The monoisotopic (exact) mass is 476 g/mol. The predicted molar refractivity (Wildman–Crippen MR) is 132 cm³/mol. The third kappa shape index (κ3) is 4.63. The summed E-state index contributed by atoms with van der Waals surface area (Å²) in [6.07, 6.45) is 1.45. The number of amides is 4. The second-order valence-corrected chi connectivity index (χ2v) is 8.79. The molecule has 8 heteroatoms. The number of methoxy groups -OCH3 is 1. The van der Waals surface area contributed by atoms with Crippen molar-refractivity contribution in [3.8, 4) is 11.5 Å². The SMILES string of the molecule is COc1cc(C=C2C(=O)N(C)C(=O)N(C)C2=O)ccc1OCCSc1cccc2ccccc12. The molecule has 7 nitrogen and oxygen atoms in total. The first-order chi connectivity index (χ1) is 16.4. The van der Waals surface area contributed by atoms with Gasteiger partial charge in [-0.05, 0) is 40.6 Å². The summed E-state index contributed by atoms with van der Waals surface area (Å²) in [5, 5.41) is 2.42. The number of nitrogens with zero attached hydrogens (tertiary/aromatic N) is 2. The van der Waals surface area contributed by atoms with E-state index in [1.54, 1.807) is 30.0 Å². The number of fused-ring (bicyclic) bond motifs is 1. The van der Waals surface area contributed by atoms with Crippen LogP contribution in [0.4, 0.5) is 4.79 Å². The van der Waals surface area contributed by atoms with E-state index in [2.05, 4.69) is 30.3 Å². The van der Waals surface area contributed by atoms with Gasteiger partial charge in [0, 0.05) is 24.7 Å². The molecule has 174 valence electrons. The van der Waals surface area contributed by atoms with Crippen LogP contribution in [0.25, 0.3) is 16.8 Å². The Morgan fingerprint density at radius 1 is 0.882 bits per heavy atom. The third-order valence-corrected chi connectivity index (χ3v) is 6.53. The zero-order chi connectivity index (χ0) is 24.2. The zero-order valence-corrected chi connectivity index (χ0v) is 19.9. The molecule has 1 saturated heterocycles. The van der Waals surface area contributed by atoms with Crippen molar-refractivity contribution >= 4 is 46.5 Å². The van der Waals surface area contributed by atoms with Crippen molar-refractivity contribution in [2.24, 2.45) is 0 Å². The summed E-state index contributed by atoms with van der Waals surface area (Å²) in [6, 6.07) is 19.0. The number of carbonyl (C=O) groups is 3. The van der Waals surface area contributed by atoms with Gasteiger partial charge in [-0.1, -0.05) is 42.5 Å². The number of ether oxygens (including phenoxy) is 2. The minimum Gasteiger partial charge on any atom is -0.493 e. The minimum absolute atomic E-state index is 0.0909. The Balaban J connectivity index is 1.44. The van der Waals surface area contributed by atoms with Crippen molar-refractivity contribution in [1.82, 2.24) is 9.80 Å². The highest BCUT2D eigenvalue weighted by Crippen LogP contribution is 2.31. The van der Waals surface area contributed by atoms with Crippen molar-refractivity contribution in [3.05, 3.63) is 71.8 Å². The Morgan fingerprint density at radius 2 is 1.59 bits per heavy atom. The van der Waals surface area contributed by atoms with Gasteiger partial charge in [0.2, 0.25) is 0 Å². The molecule has 0 spiro atoms. The van der Waals surface area contributed by atoms with Crippen molar-refractivity contribution in [3.63, 3.8) is 0 Å². The van der Waals surface area contributed by atoms with Crippen LogP contribution < -0.4 is 9.47 Å². The average molecular weight is 477 g/mol. The lowest BCUT2D eigenvalue weighted by molar-refractivity contribution is -0.134. The molecule has 0 radical (unpaired) electrons. The Morgan fingerprint density at radius 3 is 2.32 bits per heavy atom. The lowest BCUT2D eigenvalue weighted by Gasteiger charge is -2.28. The number of benzene rings is 3. The Bertz CT molecular complexity index is 1270. The lowest BCUT2D eigenvalue weighted by atomic mass is 10.1. The molecule has 4 amide bonds. The molecule has 34 heavy (non-hydrogen) atoms. The third-order valence-electron chi connectivity index (χ3n) is 5.49. The van der Waals surface area contributed by atoms with Crippen molar-refractivity contribution < 1.29 is 23.9 Å². The van der Waals surface area contributed by atoms with Crippen LogP contribution in [0.1, 0.15) is 5.56 Å². The first-order valence-corrected chi connectivity index (χ1v) is 11.6. The van der Waals surface area contributed by atoms with E-state index in [-0.39, 0.29) is 5.57 Å². The fraction of sp³-hybridized carbons (Fsp3) is 0.192. The number of thioether (sulfide) groups is 1. The average Bonchev–Trinajstić information content (AvgIpc) is 2.87. The van der Waals surface area contributed by atoms with Crippen LogP contribution in [-0.4, -0.2) is 61.2 Å². The fourth-order valence-electron chi connectivity index (χ4n) is 3.66. The van der Waals surface area contributed by atoms with Crippen LogP contribution in [-0.2, 0) is 9.59 Å². The fourth-order valence-corrected chi connectivity index (χ4v) is 4.56. The number of hydrogen-bond acceptors (Lipinski definition) is 6. The second kappa shape index (κ2) is 10.0. The number of rotatable bonds is 7. The maximum Gasteiger partial charge on any atom is 0.333 e. The van der Waals surface area contributed by atoms with Gasteiger partial charge >= 0.3 is 6.03 Å². The van der Waals surface area contributed by atoms with Crippen molar-refractivity contribution in [2.45, 2.75) is 4.90 Å². The summed E-state index contributed by atoms with van der Waals surface area (Å²) in [5.41, 5.74) is 0.494. The highest BCUT2D eigenvalue weighted by atomic mass is 32.2. The van der Waals surface area contributed by atoms with E-state index in [0.717, 1.165) is 15.6 Å². The summed E-state index contributed by atoms with van der Waals surface area (Å²) in [7, 11) is 4.21. The van der Waals surface area contributed by atoms with Gasteiger partial charge in [-0.15, -0.1) is 11.8 Å². The van der Waals surface area contributed by atoms with E-state index in [9.17, 15) is 14.4 Å². The zero-order valence-electron chi connectivity index (χ0n) is 19.1. The first kappa shape index (κ1) is 23.4. The molecular weight excluding hydrogens is 452 g/mol. The molecule has 0 saturated carbocycles. The predicted octanol–water partition coefficient (Wildman–Crippen LogP) is 4.45. The summed E-state index contributed by atoms with van der Waals surface area (Å²) >= 11 is 1.72. The molecule has 0 aromatic heterocycles. The molecule has 0 aliphatic carbocycles. The van der Waals surface area contributed by atoms with Gasteiger partial charge in [-0.2, -0.15) is 0 Å². The molecular formula is C26H24N2O5S. The molecule has 0 bridgehead atoms. The van der Waals surface area contributed by atoms with Gasteiger partial charge < -0.3 is 9.47 Å². The Kier molecular flexibility index (Phi) is 6.88. The van der Waals surface area contributed by atoms with Crippen molar-refractivity contribution in [2.75, 3.05) is 33.6 Å². The first-order valence-electron chi connectivity index (χ1n) is 10.6. The summed E-state index contributed by atoms with van der Waals surface area (Å²) < 4.78 is 11.4. The Hall–Kier alpha value is -3.78. The Labute approximate surface area is 201 Å². The highest BCUT2D eigenvalue weighted by Gasteiger charge is 2.37. The number of hydrogen-bond donors (Lipinski definition) is 0. The van der Waals surface area contributed by atoms with Crippen LogP contribution in [0.15, 0.2) is 71.1 Å². The molecule has 4 rings (SSSR count). The molecule has 0 unspecified atom stereocenters. The summed E-state index contributed by atoms with van der Waals surface area (Å²) in [6.45, 7) is 0.472. The van der Waals surface area contributed by atoms with Gasteiger partial charge in [-0.25, -0.2) is 4.79 Å². The summed E-state index contributed by atoms with van der Waals surface area (Å²) in [4.78, 5) is 39.8. The molecule has 3 aromatic rings. The van der Waals surface area contributed by atoms with E-state index in [1.165, 1.54) is 42.9 Å². The van der Waals surface area contributed by atoms with Crippen LogP contribution >= 0.6 is 11.8 Å². The normalized spacial score (nSPS) is 14.1. The van der Waals surface area contributed by atoms with Crippen LogP contribution in [0.3, 0.4) is 0 Å².